The zero-order valence-electron chi connectivity index (χ0n) is 12.8. The standard InChI is InChI=1S/C20H22O/c1-16(2)12-13-17-8-6-7-9-18(17)14-15-20(21)19-10-4-3-5-11-19/h3-11,14-16H,12-13H2,1-2H3. The molecule has 0 aliphatic heterocycles. The maximum absolute atomic E-state index is 12.1. The fourth-order valence-electron chi connectivity index (χ4n) is 2.23. The molecule has 1 heteroatoms. The lowest BCUT2D eigenvalue weighted by Crippen LogP contribution is -1.96. The molecular formula is C20H22O. The molecule has 0 spiro atoms. The number of hydrogen-bond donors (Lipinski definition) is 0. The number of carbonyl (C=O) groups excluding carboxylic acids is 1. The minimum Gasteiger partial charge on any atom is -0.289 e. The number of rotatable bonds is 6. The van der Waals surface area contributed by atoms with Crippen LogP contribution < -0.4 is 0 Å². The first-order valence-corrected chi connectivity index (χ1v) is 7.52. The van der Waals surface area contributed by atoms with Gasteiger partial charge in [0.05, 0.1) is 0 Å². The normalized spacial score (nSPS) is 11.2. The van der Waals surface area contributed by atoms with E-state index >= 15 is 0 Å². The van der Waals surface area contributed by atoms with Crippen LogP contribution in [0.2, 0.25) is 0 Å². The van der Waals surface area contributed by atoms with Crippen molar-refractivity contribution in [3.05, 3.63) is 77.4 Å². The molecule has 0 fully saturated rings. The highest BCUT2D eigenvalue weighted by atomic mass is 16.1. The van der Waals surface area contributed by atoms with E-state index in [-0.39, 0.29) is 5.78 Å². The summed E-state index contributed by atoms with van der Waals surface area (Å²) in [5.74, 6) is 0.738. The van der Waals surface area contributed by atoms with E-state index in [1.54, 1.807) is 6.08 Å². The zero-order chi connectivity index (χ0) is 15.1. The van der Waals surface area contributed by atoms with Crippen molar-refractivity contribution in [2.24, 2.45) is 5.92 Å². The smallest absolute Gasteiger partial charge is 0.185 e. The van der Waals surface area contributed by atoms with Crippen LogP contribution in [0.5, 0.6) is 0 Å². The van der Waals surface area contributed by atoms with Gasteiger partial charge in [-0.25, -0.2) is 0 Å². The molecule has 2 aromatic rings. The van der Waals surface area contributed by atoms with Crippen molar-refractivity contribution in [2.75, 3.05) is 0 Å². The Labute approximate surface area is 127 Å². The van der Waals surface area contributed by atoms with Crippen molar-refractivity contribution in [3.63, 3.8) is 0 Å². The van der Waals surface area contributed by atoms with Gasteiger partial charge in [-0.2, -0.15) is 0 Å². The molecule has 1 nitrogen and oxygen atoms in total. The Hall–Kier alpha value is -2.15. The molecule has 2 rings (SSSR count). The van der Waals surface area contributed by atoms with Crippen molar-refractivity contribution in [1.29, 1.82) is 0 Å². The van der Waals surface area contributed by atoms with Gasteiger partial charge >= 0.3 is 0 Å². The van der Waals surface area contributed by atoms with Gasteiger partial charge in [-0.1, -0.05) is 74.5 Å². The minimum atomic E-state index is 0.0502. The van der Waals surface area contributed by atoms with Crippen LogP contribution in [0.15, 0.2) is 60.7 Å². The summed E-state index contributed by atoms with van der Waals surface area (Å²) in [6, 6.07) is 17.7. The first-order chi connectivity index (χ1) is 10.2. The number of benzene rings is 2. The molecule has 0 aromatic heterocycles. The van der Waals surface area contributed by atoms with Crippen molar-refractivity contribution >= 4 is 11.9 Å². The van der Waals surface area contributed by atoms with E-state index in [0.717, 1.165) is 24.0 Å². The van der Waals surface area contributed by atoms with Crippen molar-refractivity contribution < 1.29 is 4.79 Å². The first kappa shape index (κ1) is 15.2. The lowest BCUT2D eigenvalue weighted by molar-refractivity contribution is 0.104. The van der Waals surface area contributed by atoms with Crippen LogP contribution in [-0.4, -0.2) is 5.78 Å². The first-order valence-electron chi connectivity index (χ1n) is 7.52. The van der Waals surface area contributed by atoms with E-state index in [0.29, 0.717) is 5.92 Å². The molecule has 0 saturated carbocycles. The minimum absolute atomic E-state index is 0.0502. The molecule has 21 heavy (non-hydrogen) atoms. The van der Waals surface area contributed by atoms with Crippen LogP contribution >= 0.6 is 0 Å². The quantitative estimate of drug-likeness (QED) is 0.526. The predicted octanol–water partition coefficient (Wildman–Crippen LogP) is 5.17. The highest BCUT2D eigenvalue weighted by Crippen LogP contribution is 2.16. The maximum atomic E-state index is 12.1. The van der Waals surface area contributed by atoms with Gasteiger partial charge in [0.1, 0.15) is 0 Å². The molecule has 108 valence electrons. The average molecular weight is 278 g/mol. The van der Waals surface area contributed by atoms with Crippen molar-refractivity contribution in [2.45, 2.75) is 26.7 Å². The van der Waals surface area contributed by atoms with Gasteiger partial charge in [0, 0.05) is 5.56 Å². The summed E-state index contributed by atoms with van der Waals surface area (Å²) >= 11 is 0. The zero-order valence-corrected chi connectivity index (χ0v) is 12.8. The summed E-state index contributed by atoms with van der Waals surface area (Å²) < 4.78 is 0. The summed E-state index contributed by atoms with van der Waals surface area (Å²) in [5, 5.41) is 0. The second-order valence-electron chi connectivity index (χ2n) is 5.69. The third-order valence-electron chi connectivity index (χ3n) is 3.52. The predicted molar refractivity (Wildman–Crippen MR) is 89.4 cm³/mol. The molecule has 0 N–H and O–H groups in total. The number of aryl methyl sites for hydroxylation is 1. The van der Waals surface area contributed by atoms with Gasteiger partial charge in [0.2, 0.25) is 0 Å². The molecule has 0 saturated heterocycles. The Balaban J connectivity index is 2.12. The van der Waals surface area contributed by atoms with Gasteiger partial charge in [-0.05, 0) is 36.0 Å². The molecule has 0 unspecified atom stereocenters. The van der Waals surface area contributed by atoms with Gasteiger partial charge in [-0.15, -0.1) is 0 Å². The third kappa shape index (κ3) is 4.71. The lowest BCUT2D eigenvalue weighted by Gasteiger charge is -2.08. The summed E-state index contributed by atoms with van der Waals surface area (Å²) in [6.07, 6.45) is 5.82. The Morgan fingerprint density at radius 1 is 1.00 bits per heavy atom. The SMILES string of the molecule is CC(C)CCc1ccccc1C=CC(=O)c1ccccc1. The summed E-state index contributed by atoms with van der Waals surface area (Å²) in [4.78, 5) is 12.1. The second kappa shape index (κ2) is 7.58. The van der Waals surface area contributed by atoms with E-state index < -0.39 is 0 Å². The van der Waals surface area contributed by atoms with Crippen molar-refractivity contribution in [1.82, 2.24) is 0 Å². The van der Waals surface area contributed by atoms with Crippen LogP contribution in [-0.2, 0) is 6.42 Å². The number of hydrogen-bond acceptors (Lipinski definition) is 1. The maximum Gasteiger partial charge on any atom is 0.185 e. The highest BCUT2D eigenvalue weighted by Gasteiger charge is 2.03. The van der Waals surface area contributed by atoms with Gasteiger partial charge in [-0.3, -0.25) is 4.79 Å². The molecule has 0 amide bonds. The largest absolute Gasteiger partial charge is 0.289 e. The van der Waals surface area contributed by atoms with Crippen LogP contribution in [0.4, 0.5) is 0 Å². The number of ketones is 1. The van der Waals surface area contributed by atoms with Gasteiger partial charge in [0.15, 0.2) is 5.78 Å². The van der Waals surface area contributed by atoms with Crippen molar-refractivity contribution in [3.8, 4) is 0 Å². The highest BCUT2D eigenvalue weighted by molar-refractivity contribution is 6.06. The van der Waals surface area contributed by atoms with E-state index in [4.69, 9.17) is 0 Å². The van der Waals surface area contributed by atoms with Crippen LogP contribution in [0.25, 0.3) is 6.08 Å². The fraction of sp³-hybridized carbons (Fsp3) is 0.250. The van der Waals surface area contributed by atoms with Crippen LogP contribution in [0.3, 0.4) is 0 Å². The topological polar surface area (TPSA) is 17.1 Å². The van der Waals surface area contributed by atoms with E-state index in [2.05, 4.69) is 32.0 Å². The fourth-order valence-corrected chi connectivity index (χ4v) is 2.23. The molecule has 0 atom stereocenters. The number of allylic oxidation sites excluding steroid dienone is 1. The summed E-state index contributed by atoms with van der Waals surface area (Å²) in [5.41, 5.74) is 3.18. The molecule has 0 radical (unpaired) electrons. The molecule has 0 aliphatic rings. The third-order valence-corrected chi connectivity index (χ3v) is 3.52. The Morgan fingerprint density at radius 2 is 1.67 bits per heavy atom. The Bertz CT molecular complexity index is 609. The molecule has 0 aliphatic carbocycles. The monoisotopic (exact) mass is 278 g/mol. The molecule has 2 aromatic carbocycles. The van der Waals surface area contributed by atoms with Crippen LogP contribution in [0, 0.1) is 5.92 Å². The van der Waals surface area contributed by atoms with Gasteiger partial charge in [0.25, 0.3) is 0 Å². The molecule has 0 heterocycles. The Kier molecular flexibility index (Phi) is 5.51. The Morgan fingerprint density at radius 3 is 2.38 bits per heavy atom. The van der Waals surface area contributed by atoms with Gasteiger partial charge < -0.3 is 0 Å². The lowest BCUT2D eigenvalue weighted by atomic mass is 9.98. The summed E-state index contributed by atoms with van der Waals surface area (Å²) in [6.45, 7) is 4.47. The van der Waals surface area contributed by atoms with E-state index in [1.165, 1.54) is 5.56 Å². The van der Waals surface area contributed by atoms with Crippen LogP contribution in [0.1, 0.15) is 41.8 Å². The van der Waals surface area contributed by atoms with E-state index in [9.17, 15) is 4.79 Å². The molecular weight excluding hydrogens is 256 g/mol. The number of carbonyl (C=O) groups is 1. The average Bonchev–Trinajstić information content (AvgIpc) is 2.52. The second-order valence-corrected chi connectivity index (χ2v) is 5.69. The summed E-state index contributed by atoms with van der Waals surface area (Å²) in [7, 11) is 0. The molecule has 0 bridgehead atoms. The van der Waals surface area contributed by atoms with E-state index in [1.807, 2.05) is 42.5 Å².